The van der Waals surface area contributed by atoms with Gasteiger partial charge in [-0.3, -0.25) is 0 Å². The molecule has 3 aromatic carbocycles. The zero-order chi connectivity index (χ0) is 20.6. The van der Waals surface area contributed by atoms with Crippen molar-refractivity contribution in [1.29, 1.82) is 0 Å². The topological polar surface area (TPSA) is 45.3 Å². The zero-order valence-corrected chi connectivity index (χ0v) is 17.1. The summed E-state index contributed by atoms with van der Waals surface area (Å²) in [5.41, 5.74) is 3.32. The van der Waals surface area contributed by atoms with Crippen LogP contribution >= 0.6 is 24.0 Å². The van der Waals surface area contributed by atoms with Gasteiger partial charge in [-0.15, -0.1) is 0 Å². The van der Waals surface area contributed by atoms with Gasteiger partial charge in [0.25, 0.3) is 5.76 Å². The van der Waals surface area contributed by atoms with Crippen molar-refractivity contribution in [1.82, 2.24) is 0 Å². The maximum atomic E-state index is 12.4. The number of methoxy groups -OCH3 is 1. The minimum Gasteiger partial charge on any atom is -0.495 e. The summed E-state index contributed by atoms with van der Waals surface area (Å²) in [5, 5.41) is 9.84. The number of benzene rings is 3. The minimum atomic E-state index is -2.43. The van der Waals surface area contributed by atoms with E-state index in [4.69, 9.17) is 17.0 Å². The van der Waals surface area contributed by atoms with Crippen molar-refractivity contribution in [2.24, 2.45) is 0 Å². The van der Waals surface area contributed by atoms with E-state index in [1.165, 1.54) is 0 Å². The van der Waals surface area contributed by atoms with E-state index in [1.54, 1.807) is 31.4 Å². The van der Waals surface area contributed by atoms with Crippen LogP contribution in [0.2, 0.25) is 0 Å². The standard InChI is InChI=1S/C21H19F2N3OS2/c1-27-19-5-3-2-4-18(19)24-14-6-8-15(9-7-14)25-21(28)26-16-10-12-17(13-11-16)29-20(22)23/h2-13,20,24H,1H3,(H2,25,26,28). The summed E-state index contributed by atoms with van der Waals surface area (Å²) in [4.78, 5) is 0.502. The molecular formula is C21H19F2N3OS2. The van der Waals surface area contributed by atoms with Crippen LogP contribution in [0, 0.1) is 0 Å². The Kier molecular flexibility index (Phi) is 7.26. The van der Waals surface area contributed by atoms with Gasteiger partial charge >= 0.3 is 0 Å². The minimum absolute atomic E-state index is 0.407. The lowest BCUT2D eigenvalue weighted by molar-refractivity contribution is 0.252. The first-order chi connectivity index (χ1) is 14.0. The average molecular weight is 432 g/mol. The molecule has 0 unspecified atom stereocenters. The summed E-state index contributed by atoms with van der Waals surface area (Å²) >= 11 is 5.82. The molecule has 0 aromatic heterocycles. The summed E-state index contributed by atoms with van der Waals surface area (Å²) in [6.07, 6.45) is 0. The number of anilines is 4. The molecule has 4 nitrogen and oxygen atoms in total. The van der Waals surface area contributed by atoms with E-state index >= 15 is 0 Å². The maximum absolute atomic E-state index is 12.4. The van der Waals surface area contributed by atoms with E-state index in [0.29, 0.717) is 21.8 Å². The third-order valence-corrected chi connectivity index (χ3v) is 4.79. The van der Waals surface area contributed by atoms with Crippen molar-refractivity contribution in [3.05, 3.63) is 72.8 Å². The quantitative estimate of drug-likeness (QED) is 0.291. The molecule has 0 spiro atoms. The first-order valence-corrected chi connectivity index (χ1v) is 9.95. The fourth-order valence-electron chi connectivity index (χ4n) is 2.55. The summed E-state index contributed by atoms with van der Waals surface area (Å²) in [7, 11) is 1.63. The van der Waals surface area contributed by atoms with Gasteiger partial charge in [0.15, 0.2) is 5.11 Å². The Labute approximate surface area is 177 Å². The first kappa shape index (κ1) is 20.9. The van der Waals surface area contributed by atoms with E-state index in [9.17, 15) is 8.78 Å². The molecule has 3 aromatic rings. The van der Waals surface area contributed by atoms with Gasteiger partial charge in [-0.1, -0.05) is 23.9 Å². The molecule has 3 N–H and O–H groups in total. The van der Waals surface area contributed by atoms with Crippen LogP contribution in [0.3, 0.4) is 0 Å². The molecule has 150 valence electrons. The number of nitrogens with one attached hydrogen (secondary N) is 3. The molecule has 0 fully saturated rings. The Bertz CT molecular complexity index is 951. The zero-order valence-electron chi connectivity index (χ0n) is 15.5. The van der Waals surface area contributed by atoms with Crippen LogP contribution in [0.1, 0.15) is 0 Å². The van der Waals surface area contributed by atoms with Crippen LogP contribution in [0.4, 0.5) is 31.5 Å². The van der Waals surface area contributed by atoms with E-state index in [-0.39, 0.29) is 0 Å². The van der Waals surface area contributed by atoms with Gasteiger partial charge in [0.05, 0.1) is 12.8 Å². The summed E-state index contributed by atoms with van der Waals surface area (Å²) in [5.74, 6) is -1.67. The molecule has 0 aliphatic heterocycles. The number of para-hydroxylation sites is 2. The van der Waals surface area contributed by atoms with E-state index in [0.717, 1.165) is 28.5 Å². The summed E-state index contributed by atoms with van der Waals surface area (Å²) in [6, 6.07) is 22.0. The maximum Gasteiger partial charge on any atom is 0.288 e. The number of halogens is 2. The highest BCUT2D eigenvalue weighted by Gasteiger charge is 2.06. The van der Waals surface area contributed by atoms with Crippen molar-refractivity contribution in [2.45, 2.75) is 10.7 Å². The summed E-state index contributed by atoms with van der Waals surface area (Å²) < 4.78 is 30.1. The van der Waals surface area contributed by atoms with Gasteiger partial charge in [-0.25, -0.2) is 0 Å². The number of thioether (sulfide) groups is 1. The number of hydrogen-bond donors (Lipinski definition) is 3. The van der Waals surface area contributed by atoms with Gasteiger partial charge in [-0.2, -0.15) is 8.78 Å². The monoisotopic (exact) mass is 431 g/mol. The molecule has 0 heterocycles. The SMILES string of the molecule is COc1ccccc1Nc1ccc(NC(=S)Nc2ccc(SC(F)F)cc2)cc1. The van der Waals surface area contributed by atoms with Crippen LogP contribution in [0.25, 0.3) is 0 Å². The third kappa shape index (κ3) is 6.33. The van der Waals surface area contributed by atoms with Crippen molar-refractivity contribution in [3.8, 4) is 5.75 Å². The lowest BCUT2D eigenvalue weighted by Crippen LogP contribution is -2.18. The second-order valence-electron chi connectivity index (χ2n) is 5.88. The average Bonchev–Trinajstić information content (AvgIpc) is 2.71. The molecular weight excluding hydrogens is 412 g/mol. The van der Waals surface area contributed by atoms with E-state index in [2.05, 4.69) is 16.0 Å². The molecule has 0 atom stereocenters. The molecule has 29 heavy (non-hydrogen) atoms. The Hall–Kier alpha value is -2.84. The van der Waals surface area contributed by atoms with Crippen LogP contribution < -0.4 is 20.7 Å². The predicted molar refractivity (Wildman–Crippen MR) is 121 cm³/mol. The largest absolute Gasteiger partial charge is 0.495 e. The smallest absolute Gasteiger partial charge is 0.288 e. The lowest BCUT2D eigenvalue weighted by Gasteiger charge is -2.13. The number of hydrogen-bond acceptors (Lipinski definition) is 4. The van der Waals surface area contributed by atoms with Gasteiger partial charge < -0.3 is 20.7 Å². The number of ether oxygens (including phenoxy) is 1. The lowest BCUT2D eigenvalue weighted by atomic mass is 10.2. The molecule has 3 rings (SSSR count). The molecule has 0 saturated carbocycles. The fourth-order valence-corrected chi connectivity index (χ4v) is 3.29. The molecule has 0 saturated heterocycles. The van der Waals surface area contributed by atoms with Crippen LogP contribution in [-0.2, 0) is 0 Å². The second-order valence-corrected chi connectivity index (χ2v) is 7.36. The highest BCUT2D eigenvalue weighted by molar-refractivity contribution is 7.99. The van der Waals surface area contributed by atoms with Gasteiger partial charge in [0.2, 0.25) is 0 Å². The summed E-state index contributed by atoms with van der Waals surface area (Å²) in [6.45, 7) is 0. The molecule has 0 aliphatic rings. The number of thiocarbonyl (C=S) groups is 1. The van der Waals surface area contributed by atoms with Gasteiger partial charge in [-0.05, 0) is 72.9 Å². The Morgan fingerprint density at radius 3 is 2.00 bits per heavy atom. The molecule has 0 bridgehead atoms. The first-order valence-electron chi connectivity index (χ1n) is 8.66. The second kappa shape index (κ2) is 10.1. The highest BCUT2D eigenvalue weighted by atomic mass is 32.2. The fraction of sp³-hybridized carbons (Fsp3) is 0.0952. The van der Waals surface area contributed by atoms with Crippen molar-refractivity contribution >= 4 is 51.8 Å². The molecule has 0 radical (unpaired) electrons. The van der Waals surface area contributed by atoms with E-state index in [1.807, 2.05) is 48.5 Å². The van der Waals surface area contributed by atoms with Crippen molar-refractivity contribution in [3.63, 3.8) is 0 Å². The Morgan fingerprint density at radius 2 is 1.41 bits per heavy atom. The normalized spacial score (nSPS) is 10.5. The van der Waals surface area contributed by atoms with Crippen molar-refractivity contribution in [2.75, 3.05) is 23.1 Å². The van der Waals surface area contributed by atoms with Gasteiger partial charge in [0, 0.05) is 22.0 Å². The Balaban J connectivity index is 1.55. The number of alkyl halides is 2. The third-order valence-electron chi connectivity index (χ3n) is 3.87. The predicted octanol–water partition coefficient (Wildman–Crippen LogP) is 6.56. The van der Waals surface area contributed by atoms with Crippen LogP contribution in [0.5, 0.6) is 5.75 Å². The molecule has 0 amide bonds. The molecule has 0 aliphatic carbocycles. The van der Waals surface area contributed by atoms with Crippen LogP contribution in [-0.4, -0.2) is 18.0 Å². The molecule has 8 heteroatoms. The van der Waals surface area contributed by atoms with Crippen molar-refractivity contribution < 1.29 is 13.5 Å². The van der Waals surface area contributed by atoms with Crippen LogP contribution in [0.15, 0.2) is 77.7 Å². The van der Waals surface area contributed by atoms with E-state index < -0.39 is 5.76 Å². The van der Waals surface area contributed by atoms with Gasteiger partial charge in [0.1, 0.15) is 5.75 Å². The highest BCUT2D eigenvalue weighted by Crippen LogP contribution is 2.28. The Morgan fingerprint density at radius 1 is 0.862 bits per heavy atom. The number of rotatable bonds is 7.